The highest BCUT2D eigenvalue weighted by Gasteiger charge is 2.75. The first-order valence-corrected chi connectivity index (χ1v) is 11.2. The van der Waals surface area contributed by atoms with E-state index >= 15 is 0 Å². The Morgan fingerprint density at radius 1 is 1.29 bits per heavy atom. The van der Waals surface area contributed by atoms with Gasteiger partial charge in [-0.2, -0.15) is 0 Å². The first-order valence-electron chi connectivity index (χ1n) is 11.2. The summed E-state index contributed by atoms with van der Waals surface area (Å²) in [5.41, 5.74) is -2.32. The van der Waals surface area contributed by atoms with Gasteiger partial charge in [0.1, 0.15) is 24.4 Å². The molecule has 4 aliphatic rings. The third kappa shape index (κ3) is 2.68. The van der Waals surface area contributed by atoms with Crippen molar-refractivity contribution in [3.63, 3.8) is 0 Å². The van der Waals surface area contributed by atoms with Gasteiger partial charge in [-0.15, -0.1) is 0 Å². The van der Waals surface area contributed by atoms with Crippen LogP contribution in [0.15, 0.2) is 34.9 Å². The van der Waals surface area contributed by atoms with Gasteiger partial charge in [-0.3, -0.25) is 4.79 Å². The van der Waals surface area contributed by atoms with Gasteiger partial charge in [-0.25, -0.2) is 4.79 Å². The van der Waals surface area contributed by atoms with Gasteiger partial charge in [0.05, 0.1) is 5.41 Å². The molecular formula is C25H34O6. The summed E-state index contributed by atoms with van der Waals surface area (Å²) >= 11 is 0. The predicted octanol–water partition coefficient (Wildman–Crippen LogP) is 2.33. The molecule has 2 bridgehead atoms. The summed E-state index contributed by atoms with van der Waals surface area (Å²) < 4.78 is 5.40. The fourth-order valence-electron chi connectivity index (χ4n) is 6.80. The second kappa shape index (κ2) is 6.87. The first-order chi connectivity index (χ1) is 14.4. The Morgan fingerprint density at radius 3 is 2.55 bits per heavy atom. The highest BCUT2D eigenvalue weighted by atomic mass is 16.5. The van der Waals surface area contributed by atoms with Gasteiger partial charge in [0.15, 0.2) is 5.78 Å². The summed E-state index contributed by atoms with van der Waals surface area (Å²) in [5.74, 6) is -1.04. The number of fused-ring (bicyclic) bond motifs is 3. The lowest BCUT2D eigenvalue weighted by atomic mass is 9.59. The van der Waals surface area contributed by atoms with Crippen LogP contribution >= 0.6 is 0 Å². The maximum atomic E-state index is 14.1. The van der Waals surface area contributed by atoms with Crippen LogP contribution in [0.1, 0.15) is 48.0 Å². The number of hydrogen-bond donors (Lipinski definition) is 3. The Bertz CT molecular complexity index is 926. The van der Waals surface area contributed by atoms with Gasteiger partial charge in [-0.05, 0) is 61.5 Å². The average Bonchev–Trinajstić information content (AvgIpc) is 3.22. The van der Waals surface area contributed by atoms with Gasteiger partial charge in [0, 0.05) is 11.5 Å². The fraction of sp³-hybridized carbons (Fsp3) is 0.680. The molecule has 0 radical (unpaired) electrons. The molecule has 0 amide bonds. The molecule has 0 aromatic rings. The zero-order valence-electron chi connectivity index (χ0n) is 19.2. The number of aliphatic hydroxyl groups excluding tert-OH is 2. The molecule has 1 spiro atoms. The molecule has 0 aromatic carbocycles. The van der Waals surface area contributed by atoms with E-state index in [1.165, 1.54) is 0 Å². The molecule has 0 aromatic heterocycles. The molecule has 0 aliphatic heterocycles. The van der Waals surface area contributed by atoms with Crippen molar-refractivity contribution >= 4 is 11.8 Å². The summed E-state index contributed by atoms with van der Waals surface area (Å²) in [4.78, 5) is 26.3. The van der Waals surface area contributed by atoms with Gasteiger partial charge in [0.25, 0.3) is 0 Å². The van der Waals surface area contributed by atoms with Crippen molar-refractivity contribution < 1.29 is 29.6 Å². The van der Waals surface area contributed by atoms with Crippen LogP contribution in [0.25, 0.3) is 0 Å². The van der Waals surface area contributed by atoms with Crippen molar-refractivity contribution in [2.75, 3.05) is 6.61 Å². The maximum absolute atomic E-state index is 14.1. The van der Waals surface area contributed by atoms with Crippen molar-refractivity contribution in [3.8, 4) is 0 Å². The lowest BCUT2D eigenvalue weighted by Gasteiger charge is -2.48. The van der Waals surface area contributed by atoms with Crippen LogP contribution < -0.4 is 0 Å². The largest absolute Gasteiger partial charge is 0.458 e. The van der Waals surface area contributed by atoms with Gasteiger partial charge in [0.2, 0.25) is 0 Å². The van der Waals surface area contributed by atoms with Crippen LogP contribution in [0.5, 0.6) is 0 Å². The third-order valence-electron chi connectivity index (χ3n) is 8.87. The topological polar surface area (TPSA) is 104 Å². The number of hydrogen-bond acceptors (Lipinski definition) is 6. The van der Waals surface area contributed by atoms with Crippen LogP contribution in [-0.2, 0) is 14.3 Å². The summed E-state index contributed by atoms with van der Waals surface area (Å²) in [6, 6.07) is 0. The number of carbonyl (C=O) groups excluding carboxylic acids is 2. The molecule has 6 nitrogen and oxygen atoms in total. The molecule has 31 heavy (non-hydrogen) atoms. The third-order valence-corrected chi connectivity index (χ3v) is 8.87. The standard InChI is InChI=1S/C25H34O6/c1-7-12(2)22(29)31-11-15-9-16-18-17(23(18,5)6)8-14(4)24(21(16)28)10-13(3)19(26)25(24,30)20(15)27/h7,9-10,14,16-20,26-27,30H,8,11H2,1-6H3/b12-7-/t14-,16+,17-,18+,19+,20-,24?,25-/m1/s1. The van der Waals surface area contributed by atoms with Gasteiger partial charge < -0.3 is 20.1 Å². The SMILES string of the molecule is C/C=C(/C)C(=O)OCC1=C[C@@H]2C(=O)C3(C=C(C)[C@H](O)[C@@]3(O)[C@@H]1O)[C@H](C)C[C@@H]1[C@H]2C1(C)C. The molecule has 4 rings (SSSR count). The highest BCUT2D eigenvalue weighted by Crippen LogP contribution is 2.71. The zero-order chi connectivity index (χ0) is 23.1. The molecule has 2 fully saturated rings. The molecule has 3 N–H and O–H groups in total. The molecule has 6 heteroatoms. The lowest BCUT2D eigenvalue weighted by molar-refractivity contribution is -0.190. The van der Waals surface area contributed by atoms with E-state index in [-0.39, 0.29) is 35.2 Å². The number of esters is 1. The van der Waals surface area contributed by atoms with E-state index in [9.17, 15) is 24.9 Å². The Balaban J connectivity index is 1.84. The van der Waals surface area contributed by atoms with Gasteiger partial charge >= 0.3 is 5.97 Å². The Morgan fingerprint density at radius 2 is 1.94 bits per heavy atom. The van der Waals surface area contributed by atoms with E-state index in [0.29, 0.717) is 17.1 Å². The van der Waals surface area contributed by atoms with Crippen molar-refractivity contribution in [1.29, 1.82) is 0 Å². The molecule has 8 atom stereocenters. The Hall–Kier alpha value is -1.76. The number of Topliss-reactive ketones (excluding diaryl/α,β-unsaturated/α-hetero) is 1. The summed E-state index contributed by atoms with van der Waals surface area (Å²) in [7, 11) is 0. The predicted molar refractivity (Wildman–Crippen MR) is 115 cm³/mol. The number of allylic oxidation sites excluding steroid dienone is 2. The summed E-state index contributed by atoms with van der Waals surface area (Å²) in [5, 5.41) is 34.3. The smallest absolute Gasteiger partial charge is 0.333 e. The monoisotopic (exact) mass is 430 g/mol. The summed E-state index contributed by atoms with van der Waals surface area (Å²) in [6.45, 7) is 11.0. The van der Waals surface area contributed by atoms with E-state index in [1.54, 1.807) is 39.0 Å². The van der Waals surface area contributed by atoms with E-state index in [0.717, 1.165) is 6.42 Å². The molecule has 4 aliphatic carbocycles. The Labute approximate surface area is 183 Å². The van der Waals surface area contributed by atoms with Crippen molar-refractivity contribution in [2.24, 2.45) is 34.5 Å². The molecule has 0 heterocycles. The van der Waals surface area contributed by atoms with Crippen molar-refractivity contribution in [1.82, 2.24) is 0 Å². The van der Waals surface area contributed by atoms with Crippen LogP contribution in [0, 0.1) is 34.5 Å². The molecule has 0 saturated heterocycles. The number of ketones is 1. The molecule has 1 unspecified atom stereocenters. The highest BCUT2D eigenvalue weighted by molar-refractivity contribution is 5.95. The van der Waals surface area contributed by atoms with Crippen molar-refractivity contribution in [2.45, 2.75) is 65.8 Å². The minimum Gasteiger partial charge on any atom is -0.458 e. The average molecular weight is 431 g/mol. The second-order valence-electron chi connectivity index (χ2n) is 10.7. The zero-order valence-corrected chi connectivity index (χ0v) is 19.2. The Kier molecular flexibility index (Phi) is 4.97. The molecule has 2 saturated carbocycles. The summed E-state index contributed by atoms with van der Waals surface area (Å²) in [6.07, 6.45) is 2.87. The van der Waals surface area contributed by atoms with Crippen LogP contribution in [0.4, 0.5) is 0 Å². The number of aliphatic hydroxyl groups is 3. The van der Waals surface area contributed by atoms with Gasteiger partial charge in [-0.1, -0.05) is 39.0 Å². The molecular weight excluding hydrogens is 396 g/mol. The minimum absolute atomic E-state index is 0.0284. The van der Waals surface area contributed by atoms with Crippen LogP contribution in [-0.4, -0.2) is 51.5 Å². The first kappa shape index (κ1) is 22.4. The van der Waals surface area contributed by atoms with Crippen LogP contribution in [0.2, 0.25) is 0 Å². The quantitative estimate of drug-likeness (QED) is 0.361. The number of ether oxygens (including phenoxy) is 1. The van der Waals surface area contributed by atoms with E-state index in [2.05, 4.69) is 13.8 Å². The molecule has 170 valence electrons. The normalized spacial score (nSPS) is 45.6. The lowest BCUT2D eigenvalue weighted by Crippen LogP contribution is -2.65. The van der Waals surface area contributed by atoms with Crippen molar-refractivity contribution in [3.05, 3.63) is 34.9 Å². The van der Waals surface area contributed by atoms with Crippen LogP contribution in [0.3, 0.4) is 0 Å². The van der Waals surface area contributed by atoms with E-state index in [1.807, 2.05) is 6.92 Å². The second-order valence-corrected chi connectivity index (χ2v) is 10.7. The minimum atomic E-state index is -2.10. The van der Waals surface area contributed by atoms with E-state index < -0.39 is 35.1 Å². The van der Waals surface area contributed by atoms with E-state index in [4.69, 9.17) is 4.74 Å². The number of carbonyl (C=O) groups is 2. The number of rotatable bonds is 3. The maximum Gasteiger partial charge on any atom is 0.333 e. The fourth-order valence-corrected chi connectivity index (χ4v) is 6.80.